The standard InChI is InChI=1S/C9H18N2O2S.ClH/c1-2-3-6-14(12,13)11-9(7-10)8-4-5-8;/h2,8-9,11H,1,3-7,10H2;1H. The van der Waals surface area contributed by atoms with Crippen LogP contribution in [0.2, 0.25) is 0 Å². The molecule has 4 nitrogen and oxygen atoms in total. The fourth-order valence-corrected chi connectivity index (χ4v) is 2.71. The maximum absolute atomic E-state index is 11.5. The molecule has 0 aromatic rings. The van der Waals surface area contributed by atoms with Crippen molar-refractivity contribution in [3.8, 4) is 0 Å². The fraction of sp³-hybridized carbons (Fsp3) is 0.778. The summed E-state index contributed by atoms with van der Waals surface area (Å²) in [5.41, 5.74) is 5.50. The molecular weight excluding hydrogens is 236 g/mol. The van der Waals surface area contributed by atoms with E-state index in [4.69, 9.17) is 5.73 Å². The number of allylic oxidation sites excluding steroid dienone is 1. The highest BCUT2D eigenvalue weighted by Gasteiger charge is 2.32. The minimum Gasteiger partial charge on any atom is -0.329 e. The fourth-order valence-electron chi connectivity index (χ4n) is 1.36. The molecule has 1 aliphatic rings. The number of hydrogen-bond donors (Lipinski definition) is 2. The highest BCUT2D eigenvalue weighted by atomic mass is 35.5. The van der Waals surface area contributed by atoms with Gasteiger partial charge in [0.2, 0.25) is 10.0 Å². The van der Waals surface area contributed by atoms with Crippen LogP contribution >= 0.6 is 12.4 Å². The molecule has 0 amide bonds. The molecule has 90 valence electrons. The number of sulfonamides is 1. The molecule has 0 aliphatic heterocycles. The molecule has 1 fully saturated rings. The largest absolute Gasteiger partial charge is 0.329 e. The third-order valence-corrected chi connectivity index (χ3v) is 3.80. The van der Waals surface area contributed by atoms with E-state index < -0.39 is 10.0 Å². The van der Waals surface area contributed by atoms with Gasteiger partial charge in [0.15, 0.2) is 0 Å². The summed E-state index contributed by atoms with van der Waals surface area (Å²) in [6, 6.07) is -0.0650. The lowest BCUT2D eigenvalue weighted by molar-refractivity contribution is 0.519. The maximum Gasteiger partial charge on any atom is 0.212 e. The van der Waals surface area contributed by atoms with Crippen molar-refractivity contribution in [1.29, 1.82) is 0 Å². The van der Waals surface area contributed by atoms with E-state index in [1.54, 1.807) is 6.08 Å². The van der Waals surface area contributed by atoms with E-state index >= 15 is 0 Å². The summed E-state index contributed by atoms with van der Waals surface area (Å²) in [6.07, 6.45) is 4.27. The number of hydrogen-bond acceptors (Lipinski definition) is 3. The summed E-state index contributed by atoms with van der Waals surface area (Å²) >= 11 is 0. The van der Waals surface area contributed by atoms with Gasteiger partial charge in [-0.3, -0.25) is 0 Å². The van der Waals surface area contributed by atoms with E-state index in [-0.39, 0.29) is 24.2 Å². The van der Waals surface area contributed by atoms with Crippen molar-refractivity contribution in [2.24, 2.45) is 11.7 Å². The maximum atomic E-state index is 11.5. The van der Waals surface area contributed by atoms with Crippen LogP contribution < -0.4 is 10.5 Å². The van der Waals surface area contributed by atoms with Crippen molar-refractivity contribution in [1.82, 2.24) is 4.72 Å². The molecule has 1 rings (SSSR count). The van der Waals surface area contributed by atoms with Crippen LogP contribution in [0.1, 0.15) is 19.3 Å². The smallest absolute Gasteiger partial charge is 0.212 e. The molecule has 1 unspecified atom stereocenters. The Balaban J connectivity index is 0.00000196. The predicted octanol–water partition coefficient (Wildman–Crippen LogP) is 0.641. The third kappa shape index (κ3) is 5.51. The summed E-state index contributed by atoms with van der Waals surface area (Å²) in [5.74, 6) is 0.568. The predicted molar refractivity (Wildman–Crippen MR) is 64.6 cm³/mol. The summed E-state index contributed by atoms with van der Waals surface area (Å²) < 4.78 is 25.6. The van der Waals surface area contributed by atoms with Gasteiger partial charge in [-0.25, -0.2) is 13.1 Å². The second-order valence-corrected chi connectivity index (χ2v) is 5.57. The minimum atomic E-state index is -3.16. The van der Waals surface area contributed by atoms with Crippen molar-refractivity contribution in [2.45, 2.75) is 25.3 Å². The number of nitrogens with one attached hydrogen (secondary N) is 1. The van der Waals surface area contributed by atoms with Crippen LogP contribution in [0.25, 0.3) is 0 Å². The van der Waals surface area contributed by atoms with Crippen LogP contribution in [0, 0.1) is 5.92 Å². The molecular formula is C9H19ClN2O2S. The van der Waals surface area contributed by atoms with Crippen molar-refractivity contribution in [3.63, 3.8) is 0 Å². The van der Waals surface area contributed by atoms with Crippen LogP contribution in [-0.4, -0.2) is 26.8 Å². The first-order valence-corrected chi connectivity index (χ1v) is 6.55. The molecule has 1 saturated carbocycles. The van der Waals surface area contributed by atoms with Crippen LogP contribution in [0.4, 0.5) is 0 Å². The Hall–Kier alpha value is -0.100. The Labute approximate surface area is 97.8 Å². The summed E-state index contributed by atoms with van der Waals surface area (Å²) in [5, 5.41) is 0. The van der Waals surface area contributed by atoms with E-state index in [1.807, 2.05) is 0 Å². The Morgan fingerprint density at radius 1 is 1.53 bits per heavy atom. The van der Waals surface area contributed by atoms with Gasteiger partial charge in [-0.1, -0.05) is 6.08 Å². The third-order valence-electron chi connectivity index (χ3n) is 2.37. The molecule has 0 aromatic carbocycles. The van der Waals surface area contributed by atoms with Gasteiger partial charge in [-0.05, 0) is 25.2 Å². The van der Waals surface area contributed by atoms with Crippen molar-refractivity contribution >= 4 is 22.4 Å². The highest BCUT2D eigenvalue weighted by molar-refractivity contribution is 7.89. The topological polar surface area (TPSA) is 72.2 Å². The lowest BCUT2D eigenvalue weighted by Gasteiger charge is -2.15. The van der Waals surface area contributed by atoms with Gasteiger partial charge in [0.05, 0.1) is 5.75 Å². The average molecular weight is 255 g/mol. The first kappa shape index (κ1) is 14.9. The monoisotopic (exact) mass is 254 g/mol. The van der Waals surface area contributed by atoms with E-state index in [1.165, 1.54) is 0 Å². The summed E-state index contributed by atoms with van der Waals surface area (Å²) in [4.78, 5) is 0. The van der Waals surface area contributed by atoms with Crippen LogP contribution in [0.3, 0.4) is 0 Å². The van der Waals surface area contributed by atoms with Gasteiger partial charge < -0.3 is 5.73 Å². The molecule has 0 aromatic heterocycles. The molecule has 0 radical (unpaired) electrons. The zero-order valence-electron chi connectivity index (χ0n) is 8.69. The minimum absolute atomic E-state index is 0. The lowest BCUT2D eigenvalue weighted by Crippen LogP contribution is -2.42. The molecule has 0 bridgehead atoms. The van der Waals surface area contributed by atoms with Crippen LogP contribution in [-0.2, 0) is 10.0 Å². The normalized spacial score (nSPS) is 17.9. The number of halogens is 1. The highest BCUT2D eigenvalue weighted by Crippen LogP contribution is 2.32. The van der Waals surface area contributed by atoms with E-state index in [0.717, 1.165) is 12.8 Å². The molecule has 3 N–H and O–H groups in total. The Morgan fingerprint density at radius 2 is 2.13 bits per heavy atom. The Kier molecular flexibility index (Phi) is 6.43. The summed E-state index contributed by atoms with van der Waals surface area (Å²) in [7, 11) is -3.16. The van der Waals surface area contributed by atoms with E-state index in [0.29, 0.717) is 18.9 Å². The van der Waals surface area contributed by atoms with Gasteiger partial charge >= 0.3 is 0 Å². The second kappa shape index (κ2) is 6.48. The van der Waals surface area contributed by atoms with Crippen LogP contribution in [0.5, 0.6) is 0 Å². The van der Waals surface area contributed by atoms with Crippen molar-refractivity contribution in [2.75, 3.05) is 12.3 Å². The van der Waals surface area contributed by atoms with Crippen molar-refractivity contribution in [3.05, 3.63) is 12.7 Å². The van der Waals surface area contributed by atoms with E-state index in [2.05, 4.69) is 11.3 Å². The molecule has 6 heteroatoms. The molecule has 1 atom stereocenters. The number of rotatable bonds is 7. The lowest BCUT2D eigenvalue weighted by atomic mass is 10.2. The van der Waals surface area contributed by atoms with Gasteiger partial charge in [-0.2, -0.15) is 0 Å². The van der Waals surface area contributed by atoms with E-state index in [9.17, 15) is 8.42 Å². The first-order chi connectivity index (χ1) is 6.59. The second-order valence-electron chi connectivity index (χ2n) is 3.69. The quantitative estimate of drug-likeness (QED) is 0.655. The number of nitrogens with two attached hydrogens (primary N) is 1. The average Bonchev–Trinajstić information content (AvgIpc) is 2.94. The molecule has 0 spiro atoms. The Morgan fingerprint density at radius 3 is 2.53 bits per heavy atom. The molecule has 0 saturated heterocycles. The Bertz CT molecular complexity index is 288. The van der Waals surface area contributed by atoms with Gasteiger partial charge in [0.25, 0.3) is 0 Å². The zero-order valence-corrected chi connectivity index (χ0v) is 10.3. The molecule has 1 aliphatic carbocycles. The summed E-state index contributed by atoms with van der Waals surface area (Å²) in [6.45, 7) is 3.88. The SMILES string of the molecule is C=CCCS(=O)(=O)NC(CN)C1CC1.Cl. The first-order valence-electron chi connectivity index (χ1n) is 4.90. The zero-order chi connectivity index (χ0) is 10.6. The molecule has 0 heterocycles. The van der Waals surface area contributed by atoms with Crippen LogP contribution in [0.15, 0.2) is 12.7 Å². The van der Waals surface area contributed by atoms with Gasteiger partial charge in [0, 0.05) is 12.6 Å². The van der Waals surface area contributed by atoms with Crippen molar-refractivity contribution < 1.29 is 8.42 Å². The van der Waals surface area contributed by atoms with Gasteiger partial charge in [0.1, 0.15) is 0 Å². The molecule has 15 heavy (non-hydrogen) atoms. The van der Waals surface area contributed by atoms with Gasteiger partial charge in [-0.15, -0.1) is 19.0 Å².